The van der Waals surface area contributed by atoms with Crippen LogP contribution in [0.4, 0.5) is 5.69 Å². The number of carbonyl (C=O) groups excluding carboxylic acids is 1. The molecule has 0 spiro atoms. The van der Waals surface area contributed by atoms with E-state index in [0.29, 0.717) is 13.1 Å². The molecule has 3 heteroatoms. The second-order valence-electron chi connectivity index (χ2n) is 3.76. The molecule has 0 unspecified atom stereocenters. The van der Waals surface area contributed by atoms with Crippen LogP contribution < -0.4 is 10.2 Å². The lowest BCUT2D eigenvalue weighted by Gasteiger charge is -2.21. The second-order valence-corrected chi connectivity index (χ2v) is 3.76. The molecule has 0 saturated carbocycles. The van der Waals surface area contributed by atoms with E-state index in [2.05, 4.69) is 5.32 Å². The van der Waals surface area contributed by atoms with Gasteiger partial charge in [-0.15, -0.1) is 0 Å². The van der Waals surface area contributed by atoms with Crippen LogP contribution in [-0.2, 0) is 4.79 Å². The fraction of sp³-hybridized carbons (Fsp3) is 0.462. The van der Waals surface area contributed by atoms with Gasteiger partial charge in [-0.05, 0) is 38.1 Å². The first-order chi connectivity index (χ1) is 7.69. The highest BCUT2D eigenvalue weighted by molar-refractivity contribution is 5.94. The number of hydrogen-bond acceptors (Lipinski definition) is 2. The molecule has 88 valence electrons. The van der Waals surface area contributed by atoms with E-state index in [1.807, 2.05) is 45.0 Å². The monoisotopic (exact) mass is 220 g/mol. The van der Waals surface area contributed by atoms with Gasteiger partial charge in [0.05, 0.1) is 6.54 Å². The van der Waals surface area contributed by atoms with Gasteiger partial charge in [0.15, 0.2) is 0 Å². The van der Waals surface area contributed by atoms with Gasteiger partial charge < -0.3 is 10.2 Å². The van der Waals surface area contributed by atoms with Gasteiger partial charge in [-0.2, -0.15) is 0 Å². The summed E-state index contributed by atoms with van der Waals surface area (Å²) in [7, 11) is 0. The molecule has 0 aliphatic rings. The van der Waals surface area contributed by atoms with Crippen molar-refractivity contribution in [1.29, 1.82) is 0 Å². The van der Waals surface area contributed by atoms with Crippen LogP contribution in [0.2, 0.25) is 0 Å². The van der Waals surface area contributed by atoms with E-state index in [0.717, 1.165) is 12.2 Å². The predicted octanol–water partition coefficient (Wildman–Crippen LogP) is 1.96. The number of carbonyl (C=O) groups is 1. The largest absolute Gasteiger partial charge is 0.312 e. The number of aryl methyl sites for hydroxylation is 1. The number of anilines is 1. The van der Waals surface area contributed by atoms with E-state index in [-0.39, 0.29) is 5.91 Å². The topological polar surface area (TPSA) is 32.3 Å². The minimum atomic E-state index is 0.120. The van der Waals surface area contributed by atoms with Gasteiger partial charge in [0.2, 0.25) is 5.91 Å². The molecular formula is C13H20N2O. The first kappa shape index (κ1) is 12.7. The molecule has 1 N–H and O–H groups in total. The van der Waals surface area contributed by atoms with Gasteiger partial charge in [-0.25, -0.2) is 0 Å². The van der Waals surface area contributed by atoms with Gasteiger partial charge in [0.1, 0.15) is 0 Å². The van der Waals surface area contributed by atoms with E-state index >= 15 is 0 Å². The first-order valence-electron chi connectivity index (χ1n) is 5.76. The molecule has 0 bridgehead atoms. The minimum Gasteiger partial charge on any atom is -0.312 e. The van der Waals surface area contributed by atoms with Crippen LogP contribution in [0.25, 0.3) is 0 Å². The van der Waals surface area contributed by atoms with Crippen molar-refractivity contribution in [2.24, 2.45) is 0 Å². The van der Waals surface area contributed by atoms with Gasteiger partial charge in [-0.1, -0.05) is 19.1 Å². The number of amides is 1. The zero-order valence-corrected chi connectivity index (χ0v) is 10.3. The summed E-state index contributed by atoms with van der Waals surface area (Å²) in [6.45, 7) is 7.94. The van der Waals surface area contributed by atoms with Crippen molar-refractivity contribution < 1.29 is 4.79 Å². The SMILES string of the molecule is CCNCC(=O)N(CC)c1cccc(C)c1. The Morgan fingerprint density at radius 2 is 2.12 bits per heavy atom. The maximum absolute atomic E-state index is 11.9. The van der Waals surface area contributed by atoms with Crippen molar-refractivity contribution in [2.45, 2.75) is 20.8 Å². The fourth-order valence-corrected chi connectivity index (χ4v) is 1.63. The number of hydrogen-bond donors (Lipinski definition) is 1. The van der Waals surface area contributed by atoms with Crippen LogP contribution in [0.3, 0.4) is 0 Å². The van der Waals surface area contributed by atoms with Crippen molar-refractivity contribution in [2.75, 3.05) is 24.5 Å². The first-order valence-corrected chi connectivity index (χ1v) is 5.76. The molecule has 0 aliphatic heterocycles. The van der Waals surface area contributed by atoms with Crippen LogP contribution in [0.5, 0.6) is 0 Å². The van der Waals surface area contributed by atoms with Crippen LogP contribution >= 0.6 is 0 Å². The number of benzene rings is 1. The molecule has 1 aromatic rings. The predicted molar refractivity (Wildman–Crippen MR) is 67.7 cm³/mol. The van der Waals surface area contributed by atoms with Crippen molar-refractivity contribution in [3.8, 4) is 0 Å². The summed E-state index contributed by atoms with van der Waals surface area (Å²) in [5, 5.41) is 3.06. The molecule has 0 aliphatic carbocycles. The third kappa shape index (κ3) is 3.35. The lowest BCUT2D eigenvalue weighted by Crippen LogP contribution is -2.38. The zero-order valence-electron chi connectivity index (χ0n) is 10.3. The van der Waals surface area contributed by atoms with E-state index in [9.17, 15) is 4.79 Å². The molecule has 0 aromatic heterocycles. The third-order valence-corrected chi connectivity index (χ3v) is 2.46. The summed E-state index contributed by atoms with van der Waals surface area (Å²) in [4.78, 5) is 13.7. The minimum absolute atomic E-state index is 0.120. The Kier molecular flexibility index (Phi) is 4.99. The summed E-state index contributed by atoms with van der Waals surface area (Å²) in [6.07, 6.45) is 0. The highest BCUT2D eigenvalue weighted by Gasteiger charge is 2.12. The molecule has 16 heavy (non-hydrogen) atoms. The van der Waals surface area contributed by atoms with E-state index in [1.165, 1.54) is 5.56 Å². The molecule has 1 aromatic carbocycles. The molecule has 0 atom stereocenters. The maximum Gasteiger partial charge on any atom is 0.240 e. The zero-order chi connectivity index (χ0) is 12.0. The Balaban J connectivity index is 2.77. The fourth-order valence-electron chi connectivity index (χ4n) is 1.63. The Morgan fingerprint density at radius 3 is 2.69 bits per heavy atom. The second kappa shape index (κ2) is 6.28. The molecule has 0 radical (unpaired) electrons. The summed E-state index contributed by atoms with van der Waals surface area (Å²) in [6, 6.07) is 8.02. The van der Waals surface area contributed by atoms with Crippen molar-refractivity contribution in [3.05, 3.63) is 29.8 Å². The molecule has 1 rings (SSSR count). The molecule has 0 fully saturated rings. The average Bonchev–Trinajstić information content (AvgIpc) is 2.27. The molecule has 1 amide bonds. The summed E-state index contributed by atoms with van der Waals surface area (Å²) < 4.78 is 0. The van der Waals surface area contributed by atoms with Gasteiger partial charge in [-0.3, -0.25) is 4.79 Å². The highest BCUT2D eigenvalue weighted by atomic mass is 16.2. The van der Waals surface area contributed by atoms with Gasteiger partial charge in [0.25, 0.3) is 0 Å². The molecular weight excluding hydrogens is 200 g/mol. The number of nitrogens with zero attached hydrogens (tertiary/aromatic N) is 1. The van der Waals surface area contributed by atoms with Crippen molar-refractivity contribution in [3.63, 3.8) is 0 Å². The summed E-state index contributed by atoms with van der Waals surface area (Å²) in [5.41, 5.74) is 2.15. The number of nitrogens with one attached hydrogen (secondary N) is 1. The third-order valence-electron chi connectivity index (χ3n) is 2.46. The van der Waals surface area contributed by atoms with E-state index in [1.54, 1.807) is 4.90 Å². The van der Waals surface area contributed by atoms with E-state index < -0.39 is 0 Å². The van der Waals surface area contributed by atoms with Crippen LogP contribution in [0.1, 0.15) is 19.4 Å². The number of likely N-dealkylation sites (N-methyl/N-ethyl adjacent to an activating group) is 2. The number of rotatable bonds is 5. The Labute approximate surface area is 97.5 Å². The molecule has 0 heterocycles. The summed E-state index contributed by atoms with van der Waals surface area (Å²) in [5.74, 6) is 0.120. The van der Waals surface area contributed by atoms with Crippen LogP contribution in [0, 0.1) is 6.92 Å². The molecule has 3 nitrogen and oxygen atoms in total. The Hall–Kier alpha value is -1.35. The van der Waals surface area contributed by atoms with Crippen LogP contribution in [0.15, 0.2) is 24.3 Å². The van der Waals surface area contributed by atoms with Gasteiger partial charge >= 0.3 is 0 Å². The maximum atomic E-state index is 11.9. The lowest BCUT2D eigenvalue weighted by molar-refractivity contribution is -0.117. The van der Waals surface area contributed by atoms with E-state index in [4.69, 9.17) is 0 Å². The normalized spacial score (nSPS) is 10.2. The summed E-state index contributed by atoms with van der Waals surface area (Å²) >= 11 is 0. The average molecular weight is 220 g/mol. The lowest BCUT2D eigenvalue weighted by atomic mass is 10.2. The Morgan fingerprint density at radius 1 is 1.38 bits per heavy atom. The van der Waals surface area contributed by atoms with Crippen molar-refractivity contribution in [1.82, 2.24) is 5.32 Å². The Bertz CT molecular complexity index is 350. The van der Waals surface area contributed by atoms with Crippen LogP contribution in [-0.4, -0.2) is 25.5 Å². The quantitative estimate of drug-likeness (QED) is 0.822. The highest BCUT2D eigenvalue weighted by Crippen LogP contribution is 2.15. The molecule has 0 saturated heterocycles. The van der Waals surface area contributed by atoms with Gasteiger partial charge in [0, 0.05) is 12.2 Å². The standard InChI is InChI=1S/C13H20N2O/c1-4-14-10-13(16)15(5-2)12-8-6-7-11(3)9-12/h6-9,14H,4-5,10H2,1-3H3. The smallest absolute Gasteiger partial charge is 0.240 e. The van der Waals surface area contributed by atoms with Crippen molar-refractivity contribution >= 4 is 11.6 Å².